The smallest absolute Gasteiger partial charge is 0.303 e. The van der Waals surface area contributed by atoms with Gasteiger partial charge in [-0.15, -0.1) is 0 Å². The monoisotopic (exact) mass is 273 g/mol. The number of hydrogen-bond acceptors (Lipinski definition) is 7. The Morgan fingerprint density at radius 3 is 2.74 bits per heavy atom. The van der Waals surface area contributed by atoms with Crippen LogP contribution < -0.4 is 0 Å². The van der Waals surface area contributed by atoms with Crippen LogP contribution in [0, 0.1) is 0 Å². The van der Waals surface area contributed by atoms with E-state index in [-0.39, 0.29) is 13.2 Å². The van der Waals surface area contributed by atoms with E-state index in [1.807, 2.05) is 0 Å². The molecule has 1 saturated heterocycles. The summed E-state index contributed by atoms with van der Waals surface area (Å²) < 4.78 is 15.0. The Morgan fingerprint density at radius 2 is 2.21 bits per heavy atom. The molecule has 0 aromatic heterocycles. The van der Waals surface area contributed by atoms with Crippen molar-refractivity contribution in [3.05, 3.63) is 10.4 Å². The van der Waals surface area contributed by atoms with Gasteiger partial charge in [0.25, 0.3) is 0 Å². The van der Waals surface area contributed by atoms with Crippen LogP contribution >= 0.6 is 0 Å². The average molecular weight is 273 g/mol. The molecule has 0 unspecified atom stereocenters. The minimum Gasteiger partial charge on any atom is -0.462 e. The van der Waals surface area contributed by atoms with E-state index in [1.165, 1.54) is 13.8 Å². The zero-order chi connectivity index (χ0) is 14.4. The zero-order valence-corrected chi connectivity index (χ0v) is 10.6. The molecule has 0 aliphatic carbocycles. The summed E-state index contributed by atoms with van der Waals surface area (Å²) >= 11 is 0. The molecule has 106 valence electrons. The molecule has 1 aliphatic heterocycles. The maximum absolute atomic E-state index is 11.0. The number of nitrogens with zero attached hydrogens (tertiary/aromatic N) is 3. The Balaban J connectivity index is 2.79. The molecule has 1 aliphatic rings. The lowest BCUT2D eigenvalue weighted by Crippen LogP contribution is -2.42. The van der Waals surface area contributed by atoms with E-state index in [9.17, 15) is 14.7 Å². The van der Waals surface area contributed by atoms with Crippen LogP contribution in [0.4, 0.5) is 0 Å². The summed E-state index contributed by atoms with van der Waals surface area (Å²) in [6.07, 6.45) is -2.78. The average Bonchev–Trinajstić information content (AvgIpc) is 2.67. The summed E-state index contributed by atoms with van der Waals surface area (Å²) in [6, 6.07) is -0.898. The molecule has 0 saturated carbocycles. The Labute approximate surface area is 109 Å². The van der Waals surface area contributed by atoms with Crippen molar-refractivity contribution < 1.29 is 28.9 Å². The Morgan fingerprint density at radius 1 is 1.53 bits per heavy atom. The van der Waals surface area contributed by atoms with Crippen molar-refractivity contribution in [3.8, 4) is 0 Å². The third-order valence-corrected chi connectivity index (χ3v) is 2.51. The van der Waals surface area contributed by atoms with Gasteiger partial charge in [-0.1, -0.05) is 5.11 Å². The molecule has 0 radical (unpaired) electrons. The molecule has 1 rings (SSSR count). The van der Waals surface area contributed by atoms with Gasteiger partial charge in [0.15, 0.2) is 6.10 Å². The van der Waals surface area contributed by atoms with Crippen LogP contribution in [0.2, 0.25) is 0 Å². The lowest BCUT2D eigenvalue weighted by molar-refractivity contribution is -0.164. The van der Waals surface area contributed by atoms with E-state index in [0.717, 1.165) is 0 Å². The number of carbonyl (C=O) groups excluding carboxylic acids is 2. The van der Waals surface area contributed by atoms with E-state index in [1.54, 1.807) is 0 Å². The van der Waals surface area contributed by atoms with Crippen LogP contribution in [0.1, 0.15) is 13.8 Å². The lowest BCUT2D eigenvalue weighted by Gasteiger charge is -2.25. The number of hydrogen-bond donors (Lipinski definition) is 1. The first-order valence-electron chi connectivity index (χ1n) is 5.60. The minimum atomic E-state index is -0.990. The molecular formula is C10H15N3O6. The maximum atomic E-state index is 11.0. The van der Waals surface area contributed by atoms with Crippen molar-refractivity contribution in [3.63, 3.8) is 0 Å². The molecule has 19 heavy (non-hydrogen) atoms. The maximum Gasteiger partial charge on any atom is 0.303 e. The van der Waals surface area contributed by atoms with Gasteiger partial charge in [-0.3, -0.25) is 9.59 Å². The molecule has 1 N–H and O–H groups in total. The fourth-order valence-electron chi connectivity index (χ4n) is 1.76. The molecule has 9 nitrogen and oxygen atoms in total. The molecular weight excluding hydrogens is 258 g/mol. The van der Waals surface area contributed by atoms with Gasteiger partial charge in [-0.25, -0.2) is 0 Å². The number of ether oxygens (including phenoxy) is 3. The highest BCUT2D eigenvalue weighted by molar-refractivity contribution is 5.67. The van der Waals surface area contributed by atoms with Crippen molar-refractivity contribution >= 4 is 11.9 Å². The number of aliphatic hydroxyl groups is 1. The highest BCUT2D eigenvalue weighted by atomic mass is 16.6. The van der Waals surface area contributed by atoms with Crippen LogP contribution in [0.5, 0.6) is 0 Å². The van der Waals surface area contributed by atoms with Gasteiger partial charge in [0, 0.05) is 18.8 Å². The Bertz CT molecular complexity index is 395. The minimum absolute atomic E-state index is 0.0494. The first-order valence-corrected chi connectivity index (χ1v) is 5.60. The van der Waals surface area contributed by atoms with Crippen LogP contribution in [0.3, 0.4) is 0 Å². The number of azide groups is 1. The molecule has 0 spiro atoms. The zero-order valence-electron chi connectivity index (χ0n) is 10.6. The van der Waals surface area contributed by atoms with E-state index in [2.05, 4.69) is 10.0 Å². The molecule has 9 heteroatoms. The standard InChI is InChI=1S/C10H15N3O6/c1-5(14)17-4-8(19-6(2)15)10-9(12-13-11)7(16)3-18-10/h7-10,16H,3-4H2,1-2H3/t7-,8-,9+,10+/m0/s1. The van der Waals surface area contributed by atoms with Crippen molar-refractivity contribution in [2.75, 3.05) is 13.2 Å². The molecule has 0 bridgehead atoms. The highest BCUT2D eigenvalue weighted by Crippen LogP contribution is 2.23. The highest BCUT2D eigenvalue weighted by Gasteiger charge is 2.42. The van der Waals surface area contributed by atoms with Crippen LogP contribution in [0.25, 0.3) is 10.4 Å². The second-order valence-corrected chi connectivity index (χ2v) is 4.01. The van der Waals surface area contributed by atoms with Gasteiger partial charge >= 0.3 is 11.9 Å². The quantitative estimate of drug-likeness (QED) is 0.322. The van der Waals surface area contributed by atoms with Gasteiger partial charge in [-0.2, -0.15) is 0 Å². The van der Waals surface area contributed by atoms with E-state index in [4.69, 9.17) is 19.7 Å². The number of esters is 2. The molecule has 0 amide bonds. The van der Waals surface area contributed by atoms with Gasteiger partial charge in [0.1, 0.15) is 12.7 Å². The van der Waals surface area contributed by atoms with Crippen LogP contribution in [0.15, 0.2) is 5.11 Å². The fraction of sp³-hybridized carbons (Fsp3) is 0.800. The van der Waals surface area contributed by atoms with Crippen LogP contribution in [-0.4, -0.2) is 54.6 Å². The van der Waals surface area contributed by atoms with E-state index >= 15 is 0 Å². The van der Waals surface area contributed by atoms with Crippen LogP contribution in [-0.2, 0) is 23.8 Å². The van der Waals surface area contributed by atoms with E-state index < -0.39 is 36.3 Å². The number of rotatable bonds is 5. The summed E-state index contributed by atoms with van der Waals surface area (Å²) in [7, 11) is 0. The fourth-order valence-corrected chi connectivity index (χ4v) is 1.76. The molecule has 1 heterocycles. The normalized spacial score (nSPS) is 27.2. The number of carbonyl (C=O) groups is 2. The topological polar surface area (TPSA) is 131 Å². The summed E-state index contributed by atoms with van der Waals surface area (Å²) in [4.78, 5) is 24.4. The third-order valence-electron chi connectivity index (χ3n) is 2.51. The second-order valence-electron chi connectivity index (χ2n) is 4.01. The Hall–Kier alpha value is -1.83. The molecule has 4 atom stereocenters. The summed E-state index contributed by atoms with van der Waals surface area (Å²) in [5, 5.41) is 13.0. The van der Waals surface area contributed by atoms with Gasteiger partial charge in [-0.05, 0) is 5.53 Å². The van der Waals surface area contributed by atoms with Gasteiger partial charge < -0.3 is 19.3 Å². The van der Waals surface area contributed by atoms with Gasteiger partial charge in [0.2, 0.25) is 0 Å². The summed E-state index contributed by atoms with van der Waals surface area (Å²) in [5.41, 5.74) is 8.44. The first kappa shape index (κ1) is 15.2. The lowest BCUT2D eigenvalue weighted by atomic mass is 10.0. The molecule has 0 aromatic carbocycles. The third kappa shape index (κ3) is 4.40. The van der Waals surface area contributed by atoms with E-state index in [0.29, 0.717) is 0 Å². The predicted octanol–water partition coefficient (Wildman–Crippen LogP) is -0.0802. The molecule has 1 fully saturated rings. The summed E-state index contributed by atoms with van der Waals surface area (Å²) in [6.45, 7) is 2.12. The largest absolute Gasteiger partial charge is 0.462 e. The second kappa shape index (κ2) is 6.93. The van der Waals surface area contributed by atoms with Crippen molar-refractivity contribution in [1.82, 2.24) is 0 Å². The summed E-state index contributed by atoms with van der Waals surface area (Å²) in [5.74, 6) is -1.14. The first-order chi connectivity index (χ1) is 8.95. The van der Waals surface area contributed by atoms with Gasteiger partial charge in [0.05, 0.1) is 18.8 Å². The number of aliphatic hydroxyl groups excluding tert-OH is 1. The van der Waals surface area contributed by atoms with Crippen molar-refractivity contribution in [1.29, 1.82) is 0 Å². The Kier molecular flexibility index (Phi) is 5.56. The van der Waals surface area contributed by atoms with Crippen molar-refractivity contribution in [2.45, 2.75) is 38.2 Å². The van der Waals surface area contributed by atoms with Crippen molar-refractivity contribution in [2.24, 2.45) is 5.11 Å². The SMILES string of the molecule is CC(=O)OC[C@H](OC(C)=O)[C@H]1OC[C@H](O)[C@H]1N=[N+]=[N-]. The predicted molar refractivity (Wildman–Crippen MR) is 60.9 cm³/mol. The molecule has 0 aromatic rings.